The Morgan fingerprint density at radius 2 is 1.77 bits per heavy atom. The van der Waals surface area contributed by atoms with Gasteiger partial charge in [-0.3, -0.25) is 19.8 Å². The van der Waals surface area contributed by atoms with Crippen LogP contribution < -0.4 is 29.3 Å². The lowest BCUT2D eigenvalue weighted by Crippen LogP contribution is -2.55. The van der Waals surface area contributed by atoms with E-state index in [2.05, 4.69) is 62.9 Å². The number of sulfonamides is 1. The second kappa shape index (κ2) is 18.6. The van der Waals surface area contributed by atoms with Gasteiger partial charge in [-0.25, -0.2) is 13.1 Å². The molecule has 1 spiro atoms. The van der Waals surface area contributed by atoms with E-state index < -0.39 is 43.1 Å². The molecule has 4 aliphatic heterocycles. The van der Waals surface area contributed by atoms with Crippen LogP contribution in [0.2, 0.25) is 0 Å². The number of hydrogen-bond donors (Lipinski definition) is 4. The third-order valence-corrected chi connectivity index (χ3v) is 17.5. The van der Waals surface area contributed by atoms with E-state index in [4.69, 9.17) is 19.2 Å². The highest BCUT2D eigenvalue weighted by molar-refractivity contribution is 7.90. The number of nitro benzene ring substituents is 1. The van der Waals surface area contributed by atoms with Crippen molar-refractivity contribution in [2.75, 3.05) is 54.5 Å². The topological polar surface area (TPSA) is 205 Å². The molecule has 2 aliphatic carbocycles. The van der Waals surface area contributed by atoms with Crippen molar-refractivity contribution in [1.29, 1.82) is 0 Å². The molecular formula is C53H64N8O9S. The fraction of sp³-hybridized carbons (Fsp3) is 0.509. The number of aliphatic hydroxyl groups is 1. The van der Waals surface area contributed by atoms with Gasteiger partial charge in [0.15, 0.2) is 0 Å². The Balaban J connectivity index is 0.851. The zero-order valence-electron chi connectivity index (χ0n) is 40.6. The lowest BCUT2D eigenvalue weighted by Gasteiger charge is -2.56. The van der Waals surface area contributed by atoms with Crippen molar-refractivity contribution in [3.63, 3.8) is 0 Å². The summed E-state index contributed by atoms with van der Waals surface area (Å²) in [6.07, 6.45) is 11.0. The van der Waals surface area contributed by atoms with E-state index in [9.17, 15) is 28.4 Å². The molecule has 6 aliphatic rings. The smallest absolute Gasteiger partial charge is 0.293 e. The van der Waals surface area contributed by atoms with Crippen molar-refractivity contribution in [3.05, 3.63) is 100 Å². The lowest BCUT2D eigenvalue weighted by molar-refractivity contribution is -0.384. The summed E-state index contributed by atoms with van der Waals surface area (Å²) in [5.74, 6) is 0.663. The van der Waals surface area contributed by atoms with E-state index in [1.807, 2.05) is 36.1 Å². The molecule has 1 amide bonds. The van der Waals surface area contributed by atoms with Crippen molar-refractivity contribution >= 4 is 55.4 Å². The van der Waals surface area contributed by atoms with Gasteiger partial charge in [0.2, 0.25) is 5.88 Å². The Hall–Kier alpha value is -5.95. The molecule has 18 heteroatoms. The molecule has 0 bridgehead atoms. The fourth-order valence-corrected chi connectivity index (χ4v) is 13.3. The average Bonchev–Trinajstić information content (AvgIpc) is 4.13. The number of pyridine rings is 1. The number of para-hydroxylation sites is 1. The predicted octanol–water partition coefficient (Wildman–Crippen LogP) is 8.61. The number of nitrogens with zero attached hydrogens (tertiary/aromatic N) is 5. The van der Waals surface area contributed by atoms with E-state index >= 15 is 0 Å². The fourth-order valence-electron chi connectivity index (χ4n) is 12.3. The standard InChI is InChI=1S/C53H64N8O9S/c1-33(2)69-47-9-5-4-7-39(47)42-8-6-22-59(42)37-28-53(29-37)19-23-58(24-20-53)36-10-12-40(43(26-36)60-45-25-35-16-21-54-49(35)56-51(45)70-48-32-68-31-46(48)60)50(62)57-71(66,67)38-11-13-41(44(27-38)61(64)65)55-30-34-14-17-52(3,63)18-15-34/h4-5,7,9-13,16,21,25-27,33-34,37,42,46,48,55,63H,6,8,14-15,17-20,22-24,28-32H2,1-3H3,(H,54,56)(H,57,62)/t34-,42-,46+,48+,52+/m0/s1. The van der Waals surface area contributed by atoms with Crippen LogP contribution in [-0.2, 0) is 14.8 Å². The summed E-state index contributed by atoms with van der Waals surface area (Å²) in [4.78, 5) is 41.0. The van der Waals surface area contributed by atoms with Crippen LogP contribution in [0, 0.1) is 21.4 Å². The SMILES string of the molecule is CC(C)Oc1ccccc1[C@@H]1CCCN1C1CC2(CCN(c3ccc(C(=O)NS(=O)(=O)c4ccc(NC[C@H]5CC[C@@](C)(O)CC5)c([N+](=O)[O-])c4)c(N4c5cc6cc[nH]c6nc5O[C@@H]5COC[C@H]54)c3)CC2)C1. The Morgan fingerprint density at radius 1 is 0.986 bits per heavy atom. The molecule has 4 N–H and O–H groups in total. The molecule has 2 saturated carbocycles. The quantitative estimate of drug-likeness (QED) is 0.0645. The van der Waals surface area contributed by atoms with Crippen molar-refractivity contribution < 1.29 is 37.5 Å². The van der Waals surface area contributed by atoms with E-state index in [0.29, 0.717) is 67.6 Å². The first-order valence-electron chi connectivity index (χ1n) is 25.4. The summed E-state index contributed by atoms with van der Waals surface area (Å²) in [5, 5.41) is 26.7. The lowest BCUT2D eigenvalue weighted by atomic mass is 9.60. The van der Waals surface area contributed by atoms with Crippen LogP contribution in [0.25, 0.3) is 11.0 Å². The molecule has 71 heavy (non-hydrogen) atoms. The minimum Gasteiger partial charge on any atom is -0.491 e. The Bertz CT molecular complexity index is 2940. The van der Waals surface area contributed by atoms with Crippen molar-refractivity contribution in [2.45, 2.75) is 126 Å². The number of piperidine rings is 1. The maximum atomic E-state index is 14.6. The summed E-state index contributed by atoms with van der Waals surface area (Å²) in [6.45, 7) is 9.76. The number of benzene rings is 3. The molecule has 11 rings (SSSR count). The maximum absolute atomic E-state index is 14.6. The number of carbonyl (C=O) groups is 1. The minimum absolute atomic E-state index is 0.0973. The minimum atomic E-state index is -4.62. The van der Waals surface area contributed by atoms with Crippen molar-refractivity contribution in [1.82, 2.24) is 19.6 Å². The predicted molar refractivity (Wildman–Crippen MR) is 270 cm³/mol. The van der Waals surface area contributed by atoms with Crippen LogP contribution in [0.4, 0.5) is 28.4 Å². The van der Waals surface area contributed by atoms with Gasteiger partial charge in [-0.2, -0.15) is 4.98 Å². The van der Waals surface area contributed by atoms with Gasteiger partial charge in [0.1, 0.15) is 28.9 Å². The number of nitrogens with one attached hydrogen (secondary N) is 3. The molecule has 3 aromatic carbocycles. The van der Waals surface area contributed by atoms with Crippen molar-refractivity contribution in [2.24, 2.45) is 11.3 Å². The normalized spacial score (nSPS) is 25.4. The van der Waals surface area contributed by atoms with E-state index in [-0.39, 0.29) is 34.7 Å². The summed E-state index contributed by atoms with van der Waals surface area (Å²) < 4.78 is 49.2. The van der Waals surface area contributed by atoms with Gasteiger partial charge in [-0.1, -0.05) is 18.2 Å². The number of H-pyrrole nitrogens is 1. The first-order chi connectivity index (χ1) is 34.1. The van der Waals surface area contributed by atoms with Gasteiger partial charge in [0.05, 0.1) is 52.0 Å². The van der Waals surface area contributed by atoms with Gasteiger partial charge in [-0.15, -0.1) is 0 Å². The van der Waals surface area contributed by atoms with E-state index in [1.165, 1.54) is 24.1 Å². The Morgan fingerprint density at radius 3 is 2.55 bits per heavy atom. The van der Waals surface area contributed by atoms with Crippen LogP contribution in [0.5, 0.6) is 11.6 Å². The van der Waals surface area contributed by atoms with Gasteiger partial charge in [0.25, 0.3) is 21.6 Å². The first-order valence-corrected chi connectivity index (χ1v) is 26.8. The number of likely N-dealkylation sites (tertiary alicyclic amines) is 1. The van der Waals surface area contributed by atoms with Crippen LogP contribution in [-0.4, -0.2) is 109 Å². The molecule has 3 saturated heterocycles. The number of amides is 1. The van der Waals surface area contributed by atoms with Gasteiger partial charge in [-0.05, 0) is 151 Å². The number of nitro groups is 1. The number of aromatic amines is 1. The Kier molecular flexibility index (Phi) is 12.4. The highest BCUT2D eigenvalue weighted by Crippen LogP contribution is 2.55. The van der Waals surface area contributed by atoms with Crippen LogP contribution in [0.15, 0.2) is 83.9 Å². The van der Waals surface area contributed by atoms with E-state index in [0.717, 1.165) is 87.5 Å². The molecule has 5 fully saturated rings. The highest BCUT2D eigenvalue weighted by Gasteiger charge is 2.50. The second-order valence-electron chi connectivity index (χ2n) is 21.4. The number of ether oxygens (including phenoxy) is 3. The van der Waals surface area contributed by atoms with Gasteiger partial charge < -0.3 is 39.4 Å². The molecule has 2 aromatic heterocycles. The van der Waals surface area contributed by atoms with Crippen LogP contribution >= 0.6 is 0 Å². The number of rotatable bonds is 13. The van der Waals surface area contributed by atoms with Crippen LogP contribution in [0.3, 0.4) is 0 Å². The molecular weight excluding hydrogens is 925 g/mol. The average molecular weight is 989 g/mol. The number of fused-ring (bicyclic) bond motifs is 3. The monoisotopic (exact) mass is 988 g/mol. The largest absolute Gasteiger partial charge is 0.491 e. The van der Waals surface area contributed by atoms with Crippen LogP contribution in [0.1, 0.15) is 107 Å². The number of hydrogen-bond acceptors (Lipinski definition) is 14. The zero-order chi connectivity index (χ0) is 49.2. The summed E-state index contributed by atoms with van der Waals surface area (Å²) in [6, 6.07) is 22.1. The van der Waals surface area contributed by atoms with Gasteiger partial charge >= 0.3 is 0 Å². The third kappa shape index (κ3) is 9.28. The highest BCUT2D eigenvalue weighted by atomic mass is 32.2. The molecule has 0 radical (unpaired) electrons. The number of anilines is 4. The molecule has 3 atom stereocenters. The summed E-state index contributed by atoms with van der Waals surface area (Å²) >= 11 is 0. The first kappa shape index (κ1) is 47.4. The number of aromatic nitrogens is 2. The molecule has 0 unspecified atom stereocenters. The molecule has 5 aromatic rings. The molecule has 6 heterocycles. The third-order valence-electron chi connectivity index (χ3n) is 16.2. The van der Waals surface area contributed by atoms with Crippen molar-refractivity contribution in [3.8, 4) is 11.6 Å². The molecule has 376 valence electrons. The van der Waals surface area contributed by atoms with E-state index in [1.54, 1.807) is 12.3 Å². The van der Waals surface area contributed by atoms with Gasteiger partial charge in [0, 0.05) is 60.6 Å². The Labute approximate surface area is 414 Å². The summed E-state index contributed by atoms with van der Waals surface area (Å²) in [5.41, 5.74) is 3.32. The number of carbonyl (C=O) groups excluding carboxylic acids is 1. The zero-order valence-corrected chi connectivity index (χ0v) is 41.5. The molecule has 17 nitrogen and oxygen atoms in total. The summed E-state index contributed by atoms with van der Waals surface area (Å²) in [7, 11) is -4.62. The maximum Gasteiger partial charge on any atom is 0.293 e. The second-order valence-corrected chi connectivity index (χ2v) is 23.1.